The van der Waals surface area contributed by atoms with Crippen LogP contribution in [0.3, 0.4) is 0 Å². The van der Waals surface area contributed by atoms with Crippen LogP contribution in [-0.4, -0.2) is 31.7 Å². The number of nitrogens with one attached hydrogen (secondary N) is 1. The first kappa shape index (κ1) is 28.2. The number of phenols is 1. The molecular weight excluding hydrogens is 470 g/mol. The van der Waals surface area contributed by atoms with Crippen LogP contribution in [0.25, 0.3) is 0 Å². The Hall–Kier alpha value is -1.86. The summed E-state index contributed by atoms with van der Waals surface area (Å²) in [5.74, 6) is 0.188. The van der Waals surface area contributed by atoms with E-state index >= 15 is 0 Å². The molecule has 1 aromatic carbocycles. The molecule has 0 saturated carbocycles. The van der Waals surface area contributed by atoms with Crippen LogP contribution < -0.4 is 5.62 Å². The SMILES string of the molecule is Br.CC(C)(C)c1cc(C(=O)Cn2ccn(CCCCCCO)c2=N)cc(C(C)(C)C)c1O. The smallest absolute Gasteiger partial charge is 0.202 e. The standard InChI is InChI=1S/C25H39N3O3.BrH/c1-24(2,3)19-15-18(16-20(22(19)31)25(4,5)6)21(30)17-28-13-12-27(23(28)26)11-9-7-8-10-14-29;/h12-13,15-16,26,29,31H,7-11,14,17H2,1-6H3;1H. The van der Waals surface area contributed by atoms with Crippen molar-refractivity contribution in [1.29, 1.82) is 5.41 Å². The van der Waals surface area contributed by atoms with Crippen LogP contribution >= 0.6 is 17.0 Å². The minimum absolute atomic E-state index is 0. The molecule has 6 nitrogen and oxygen atoms in total. The van der Waals surface area contributed by atoms with Gasteiger partial charge in [0.05, 0.1) is 6.54 Å². The maximum atomic E-state index is 13.2. The predicted octanol–water partition coefficient (Wildman–Crippen LogP) is 5.08. The minimum atomic E-state index is -0.298. The second-order valence-electron chi connectivity index (χ2n) is 10.4. The number of aryl methyl sites for hydroxylation is 1. The second-order valence-corrected chi connectivity index (χ2v) is 10.4. The molecule has 0 unspecified atom stereocenters. The van der Waals surface area contributed by atoms with Gasteiger partial charge in [-0.3, -0.25) is 10.2 Å². The van der Waals surface area contributed by atoms with E-state index in [0.717, 1.165) is 43.4 Å². The summed E-state index contributed by atoms with van der Waals surface area (Å²) in [5.41, 5.74) is 1.80. The Morgan fingerprint density at radius 3 is 1.91 bits per heavy atom. The molecule has 0 fully saturated rings. The number of halogens is 1. The van der Waals surface area contributed by atoms with Gasteiger partial charge in [-0.05, 0) is 35.8 Å². The van der Waals surface area contributed by atoms with Crippen molar-refractivity contribution < 1.29 is 15.0 Å². The summed E-state index contributed by atoms with van der Waals surface area (Å²) in [5, 5.41) is 28.1. The molecule has 2 aromatic rings. The molecule has 0 atom stereocenters. The van der Waals surface area contributed by atoms with Crippen molar-refractivity contribution in [3.8, 4) is 5.75 Å². The van der Waals surface area contributed by atoms with Crippen LogP contribution in [0, 0.1) is 5.41 Å². The van der Waals surface area contributed by atoms with Crippen molar-refractivity contribution in [2.24, 2.45) is 0 Å². The Labute approximate surface area is 202 Å². The number of nitrogens with zero attached hydrogens (tertiary/aromatic N) is 2. The van der Waals surface area contributed by atoms with Crippen molar-refractivity contribution in [2.75, 3.05) is 6.61 Å². The molecule has 0 spiro atoms. The number of Topliss-reactive ketones (excluding diaryl/α,β-unsaturated/α-hetero) is 1. The van der Waals surface area contributed by atoms with Crippen LogP contribution in [0.4, 0.5) is 0 Å². The Balaban J connectivity index is 0.00000512. The Bertz CT molecular complexity index is 927. The van der Waals surface area contributed by atoms with Crippen LogP contribution in [0.2, 0.25) is 0 Å². The van der Waals surface area contributed by atoms with Gasteiger partial charge in [0, 0.05) is 42.2 Å². The lowest BCUT2D eigenvalue weighted by atomic mass is 9.78. The number of hydrogen-bond donors (Lipinski definition) is 3. The number of carbonyl (C=O) groups excluding carboxylic acids is 1. The molecule has 1 heterocycles. The number of rotatable bonds is 9. The quantitative estimate of drug-likeness (QED) is 0.325. The van der Waals surface area contributed by atoms with E-state index in [9.17, 15) is 9.90 Å². The zero-order valence-corrected chi connectivity index (χ0v) is 22.1. The highest BCUT2D eigenvalue weighted by molar-refractivity contribution is 8.93. The van der Waals surface area contributed by atoms with E-state index in [1.807, 2.05) is 52.3 Å². The van der Waals surface area contributed by atoms with E-state index < -0.39 is 0 Å². The van der Waals surface area contributed by atoms with E-state index in [2.05, 4.69) is 0 Å². The molecular formula is C25H40BrN3O3. The Kier molecular flexibility index (Phi) is 9.97. The van der Waals surface area contributed by atoms with E-state index in [1.165, 1.54) is 0 Å². The lowest BCUT2D eigenvalue weighted by molar-refractivity contribution is 0.0969. The van der Waals surface area contributed by atoms with Gasteiger partial charge in [-0.15, -0.1) is 17.0 Å². The average molecular weight is 511 g/mol. The van der Waals surface area contributed by atoms with Crippen molar-refractivity contribution in [3.63, 3.8) is 0 Å². The van der Waals surface area contributed by atoms with Crippen LogP contribution in [0.15, 0.2) is 24.5 Å². The van der Waals surface area contributed by atoms with E-state index in [1.54, 1.807) is 22.9 Å². The van der Waals surface area contributed by atoms with Crippen LogP contribution in [0.1, 0.15) is 88.7 Å². The van der Waals surface area contributed by atoms with Gasteiger partial charge in [0.15, 0.2) is 5.78 Å². The van der Waals surface area contributed by atoms with Crippen LogP contribution in [0.5, 0.6) is 5.75 Å². The largest absolute Gasteiger partial charge is 0.507 e. The van der Waals surface area contributed by atoms with E-state index in [-0.39, 0.29) is 52.5 Å². The first-order valence-electron chi connectivity index (χ1n) is 11.2. The number of aliphatic hydroxyl groups is 1. The third kappa shape index (κ3) is 7.07. The summed E-state index contributed by atoms with van der Waals surface area (Å²) in [7, 11) is 0. The number of phenolic OH excluding ortho intramolecular Hbond substituents is 1. The fourth-order valence-corrected chi connectivity index (χ4v) is 3.71. The normalized spacial score (nSPS) is 12.0. The molecule has 1 aromatic heterocycles. The molecule has 180 valence electrons. The molecule has 32 heavy (non-hydrogen) atoms. The number of carbonyl (C=O) groups is 1. The maximum absolute atomic E-state index is 13.2. The maximum Gasteiger partial charge on any atom is 0.202 e. The van der Waals surface area contributed by atoms with Gasteiger partial charge in [0.1, 0.15) is 5.75 Å². The van der Waals surface area contributed by atoms with Gasteiger partial charge >= 0.3 is 0 Å². The molecule has 0 aliphatic rings. The molecule has 0 aliphatic heterocycles. The number of aromatic hydroxyl groups is 1. The molecule has 0 amide bonds. The van der Waals surface area contributed by atoms with Gasteiger partial charge in [0.2, 0.25) is 5.62 Å². The van der Waals surface area contributed by atoms with Gasteiger partial charge < -0.3 is 19.3 Å². The number of imidazole rings is 1. The number of aliphatic hydroxyl groups excluding tert-OH is 1. The van der Waals surface area contributed by atoms with Crippen molar-refractivity contribution in [1.82, 2.24) is 9.13 Å². The number of ketones is 1. The molecule has 3 N–H and O–H groups in total. The molecule has 7 heteroatoms. The van der Waals surface area contributed by atoms with E-state index in [4.69, 9.17) is 10.5 Å². The molecule has 0 bridgehead atoms. The summed E-state index contributed by atoms with van der Waals surface area (Å²) in [6, 6.07) is 3.60. The van der Waals surface area contributed by atoms with Gasteiger partial charge in [-0.25, -0.2) is 0 Å². The lowest BCUT2D eigenvalue weighted by Gasteiger charge is -2.28. The summed E-state index contributed by atoms with van der Waals surface area (Å²) < 4.78 is 3.51. The van der Waals surface area contributed by atoms with Crippen molar-refractivity contribution in [2.45, 2.75) is 91.1 Å². The summed E-state index contributed by atoms with van der Waals surface area (Å²) in [6.45, 7) is 13.2. The van der Waals surface area contributed by atoms with Crippen molar-refractivity contribution in [3.05, 3.63) is 46.8 Å². The average Bonchev–Trinajstić information content (AvgIpc) is 2.99. The zero-order valence-electron chi connectivity index (χ0n) is 20.4. The molecule has 0 radical (unpaired) electrons. The van der Waals surface area contributed by atoms with Crippen molar-refractivity contribution >= 4 is 22.8 Å². The lowest BCUT2D eigenvalue weighted by Crippen LogP contribution is -2.27. The predicted molar refractivity (Wildman–Crippen MR) is 134 cm³/mol. The summed E-state index contributed by atoms with van der Waals surface area (Å²) >= 11 is 0. The van der Waals surface area contributed by atoms with Crippen LogP contribution in [-0.2, 0) is 23.9 Å². The number of aromatic nitrogens is 2. The highest BCUT2D eigenvalue weighted by Gasteiger charge is 2.27. The minimum Gasteiger partial charge on any atom is -0.507 e. The molecule has 0 saturated heterocycles. The van der Waals surface area contributed by atoms with E-state index in [0.29, 0.717) is 11.2 Å². The highest BCUT2D eigenvalue weighted by Crippen LogP contribution is 2.39. The number of benzene rings is 1. The Morgan fingerprint density at radius 2 is 1.41 bits per heavy atom. The first-order chi connectivity index (χ1) is 14.4. The number of unbranched alkanes of at least 4 members (excludes halogenated alkanes) is 3. The first-order valence-corrected chi connectivity index (χ1v) is 11.2. The monoisotopic (exact) mass is 509 g/mol. The summed E-state index contributed by atoms with van der Waals surface area (Å²) in [6.07, 6.45) is 7.37. The highest BCUT2D eigenvalue weighted by atomic mass is 79.9. The topological polar surface area (TPSA) is 91.2 Å². The number of hydrogen-bond acceptors (Lipinski definition) is 4. The van der Waals surface area contributed by atoms with Gasteiger partial charge in [-0.1, -0.05) is 54.4 Å². The third-order valence-corrected chi connectivity index (χ3v) is 5.64. The fourth-order valence-electron chi connectivity index (χ4n) is 3.71. The van der Waals surface area contributed by atoms with Gasteiger partial charge in [-0.2, -0.15) is 0 Å². The zero-order chi connectivity index (χ0) is 23.4. The fraction of sp³-hybridized carbons (Fsp3) is 0.600. The Morgan fingerprint density at radius 1 is 0.906 bits per heavy atom. The van der Waals surface area contributed by atoms with Gasteiger partial charge in [0.25, 0.3) is 0 Å². The molecule has 2 rings (SSSR count). The second kappa shape index (κ2) is 11.3. The third-order valence-electron chi connectivity index (χ3n) is 5.64. The molecule has 0 aliphatic carbocycles. The summed E-state index contributed by atoms with van der Waals surface area (Å²) in [4.78, 5) is 13.2.